The molecular weight excluding hydrogens is 228 g/mol. The van der Waals surface area contributed by atoms with E-state index < -0.39 is 6.10 Å². The molecule has 0 heterocycles. The van der Waals surface area contributed by atoms with Crippen molar-refractivity contribution >= 4 is 11.7 Å². The van der Waals surface area contributed by atoms with Crippen molar-refractivity contribution in [2.75, 3.05) is 11.9 Å². The molecule has 0 saturated heterocycles. The van der Waals surface area contributed by atoms with E-state index in [9.17, 15) is 9.90 Å². The fourth-order valence-corrected chi connectivity index (χ4v) is 1.64. The van der Waals surface area contributed by atoms with Gasteiger partial charge in [-0.1, -0.05) is 19.4 Å². The highest BCUT2D eigenvalue weighted by Crippen LogP contribution is 2.13. The predicted octanol–water partition coefficient (Wildman–Crippen LogP) is 2.59. The van der Waals surface area contributed by atoms with Crippen molar-refractivity contribution in [2.24, 2.45) is 0 Å². The molecule has 1 aromatic rings. The molecule has 100 valence electrons. The lowest BCUT2D eigenvalue weighted by atomic mass is 10.1. The molecule has 1 aromatic carbocycles. The van der Waals surface area contributed by atoms with Crippen molar-refractivity contribution in [3.63, 3.8) is 0 Å². The second kappa shape index (κ2) is 7.01. The first-order valence-corrected chi connectivity index (χ1v) is 6.33. The molecule has 0 aliphatic carbocycles. The summed E-state index contributed by atoms with van der Waals surface area (Å²) in [7, 11) is 0. The summed E-state index contributed by atoms with van der Waals surface area (Å²) in [6.45, 7) is 6.31. The van der Waals surface area contributed by atoms with Crippen LogP contribution < -0.4 is 10.6 Å². The van der Waals surface area contributed by atoms with Gasteiger partial charge in [-0.3, -0.25) is 0 Å². The van der Waals surface area contributed by atoms with Crippen LogP contribution in [-0.2, 0) is 0 Å². The highest BCUT2D eigenvalue weighted by Gasteiger charge is 2.06. The first-order chi connectivity index (χ1) is 8.52. The van der Waals surface area contributed by atoms with Crippen molar-refractivity contribution in [1.29, 1.82) is 0 Å². The van der Waals surface area contributed by atoms with Crippen LogP contribution in [0.4, 0.5) is 10.5 Å². The van der Waals surface area contributed by atoms with Crippen molar-refractivity contribution < 1.29 is 9.90 Å². The SMILES string of the molecule is CCCC(O)CNC(=O)Nc1ccc(C)c(C)c1. The van der Waals surface area contributed by atoms with E-state index >= 15 is 0 Å². The van der Waals surface area contributed by atoms with E-state index in [0.717, 1.165) is 17.7 Å². The number of carbonyl (C=O) groups excluding carboxylic acids is 1. The summed E-state index contributed by atoms with van der Waals surface area (Å²) in [5.74, 6) is 0. The van der Waals surface area contributed by atoms with Gasteiger partial charge in [-0.25, -0.2) is 4.79 Å². The molecule has 0 radical (unpaired) electrons. The maximum absolute atomic E-state index is 11.6. The Hall–Kier alpha value is -1.55. The van der Waals surface area contributed by atoms with Gasteiger partial charge in [0, 0.05) is 12.2 Å². The van der Waals surface area contributed by atoms with Crippen molar-refractivity contribution in [3.05, 3.63) is 29.3 Å². The molecule has 0 spiro atoms. The van der Waals surface area contributed by atoms with Gasteiger partial charge in [0.15, 0.2) is 0 Å². The van der Waals surface area contributed by atoms with E-state index in [1.165, 1.54) is 5.56 Å². The van der Waals surface area contributed by atoms with Gasteiger partial charge in [0.2, 0.25) is 0 Å². The van der Waals surface area contributed by atoms with Crippen LogP contribution in [0.15, 0.2) is 18.2 Å². The second-order valence-corrected chi connectivity index (χ2v) is 4.58. The molecule has 0 aliphatic heterocycles. The van der Waals surface area contributed by atoms with Gasteiger partial charge in [-0.2, -0.15) is 0 Å². The quantitative estimate of drug-likeness (QED) is 0.752. The average molecular weight is 250 g/mol. The summed E-state index contributed by atoms with van der Waals surface area (Å²) < 4.78 is 0. The number of benzene rings is 1. The summed E-state index contributed by atoms with van der Waals surface area (Å²) in [5, 5.41) is 14.9. The first-order valence-electron chi connectivity index (χ1n) is 6.33. The fourth-order valence-electron chi connectivity index (χ4n) is 1.64. The zero-order valence-corrected chi connectivity index (χ0v) is 11.3. The van der Waals surface area contributed by atoms with Crippen molar-refractivity contribution in [1.82, 2.24) is 5.32 Å². The number of nitrogens with one attached hydrogen (secondary N) is 2. The topological polar surface area (TPSA) is 61.4 Å². The Morgan fingerprint density at radius 3 is 2.67 bits per heavy atom. The minimum absolute atomic E-state index is 0.282. The van der Waals surface area contributed by atoms with Gasteiger partial charge in [-0.05, 0) is 43.5 Å². The number of hydrogen-bond acceptors (Lipinski definition) is 2. The molecule has 0 saturated carbocycles. The number of aliphatic hydroxyl groups is 1. The van der Waals surface area contributed by atoms with Crippen molar-refractivity contribution in [2.45, 2.75) is 39.7 Å². The number of aliphatic hydroxyl groups excluding tert-OH is 1. The molecule has 1 atom stereocenters. The van der Waals surface area contributed by atoms with Crippen LogP contribution in [-0.4, -0.2) is 23.8 Å². The van der Waals surface area contributed by atoms with Gasteiger partial charge in [0.25, 0.3) is 0 Å². The van der Waals surface area contributed by atoms with Crippen LogP contribution in [0, 0.1) is 13.8 Å². The molecule has 0 aliphatic rings. The van der Waals surface area contributed by atoms with Gasteiger partial charge < -0.3 is 15.7 Å². The molecule has 4 heteroatoms. The van der Waals surface area contributed by atoms with Crippen LogP contribution in [0.25, 0.3) is 0 Å². The van der Waals surface area contributed by atoms with Gasteiger partial charge >= 0.3 is 6.03 Å². The average Bonchev–Trinajstić information content (AvgIpc) is 2.32. The smallest absolute Gasteiger partial charge is 0.319 e. The largest absolute Gasteiger partial charge is 0.391 e. The molecule has 1 rings (SSSR count). The molecule has 2 amide bonds. The van der Waals surface area contributed by atoms with E-state index in [2.05, 4.69) is 10.6 Å². The monoisotopic (exact) mass is 250 g/mol. The Balaban J connectivity index is 2.42. The maximum Gasteiger partial charge on any atom is 0.319 e. The zero-order valence-electron chi connectivity index (χ0n) is 11.3. The summed E-state index contributed by atoms with van der Waals surface area (Å²) in [6.07, 6.45) is 1.13. The highest BCUT2D eigenvalue weighted by atomic mass is 16.3. The summed E-state index contributed by atoms with van der Waals surface area (Å²) in [4.78, 5) is 11.6. The number of hydrogen-bond donors (Lipinski definition) is 3. The number of carbonyl (C=O) groups is 1. The zero-order chi connectivity index (χ0) is 13.5. The molecule has 1 unspecified atom stereocenters. The van der Waals surface area contributed by atoms with E-state index in [-0.39, 0.29) is 12.6 Å². The third kappa shape index (κ3) is 4.75. The Labute approximate surface area is 108 Å². The number of urea groups is 1. The van der Waals surface area contributed by atoms with Crippen LogP contribution >= 0.6 is 0 Å². The standard InChI is InChI=1S/C14H22N2O2/c1-4-5-13(17)9-15-14(18)16-12-7-6-10(2)11(3)8-12/h6-8,13,17H,4-5,9H2,1-3H3,(H2,15,16,18). The number of aryl methyl sites for hydroxylation is 2. The third-order valence-corrected chi connectivity index (χ3v) is 2.88. The summed E-state index contributed by atoms with van der Waals surface area (Å²) >= 11 is 0. The lowest BCUT2D eigenvalue weighted by Gasteiger charge is -2.12. The van der Waals surface area contributed by atoms with Gasteiger partial charge in [-0.15, -0.1) is 0 Å². The Morgan fingerprint density at radius 2 is 2.06 bits per heavy atom. The normalized spacial score (nSPS) is 12.0. The van der Waals surface area contributed by atoms with Gasteiger partial charge in [0.1, 0.15) is 0 Å². The molecule has 0 aromatic heterocycles. The Morgan fingerprint density at radius 1 is 1.33 bits per heavy atom. The highest BCUT2D eigenvalue weighted by molar-refractivity contribution is 5.89. The van der Waals surface area contributed by atoms with E-state index in [1.807, 2.05) is 39.0 Å². The Kier molecular flexibility index (Phi) is 5.65. The molecular formula is C14H22N2O2. The van der Waals surface area contributed by atoms with Crippen LogP contribution in [0.5, 0.6) is 0 Å². The van der Waals surface area contributed by atoms with E-state index in [1.54, 1.807) is 0 Å². The molecule has 4 nitrogen and oxygen atoms in total. The number of amides is 2. The first kappa shape index (κ1) is 14.5. The van der Waals surface area contributed by atoms with Crippen molar-refractivity contribution in [3.8, 4) is 0 Å². The molecule has 0 bridgehead atoms. The maximum atomic E-state index is 11.6. The Bertz CT molecular complexity index is 405. The predicted molar refractivity (Wildman–Crippen MR) is 73.9 cm³/mol. The van der Waals surface area contributed by atoms with E-state index in [0.29, 0.717) is 6.42 Å². The summed E-state index contributed by atoms with van der Waals surface area (Å²) in [5.41, 5.74) is 3.10. The fraction of sp³-hybridized carbons (Fsp3) is 0.500. The molecule has 0 fully saturated rings. The van der Waals surface area contributed by atoms with Crippen LogP contribution in [0.1, 0.15) is 30.9 Å². The molecule has 18 heavy (non-hydrogen) atoms. The lowest BCUT2D eigenvalue weighted by molar-refractivity contribution is 0.162. The second-order valence-electron chi connectivity index (χ2n) is 4.58. The number of rotatable bonds is 5. The van der Waals surface area contributed by atoms with E-state index in [4.69, 9.17) is 0 Å². The number of anilines is 1. The van der Waals surface area contributed by atoms with Gasteiger partial charge in [0.05, 0.1) is 6.10 Å². The lowest BCUT2D eigenvalue weighted by Crippen LogP contribution is -2.35. The third-order valence-electron chi connectivity index (χ3n) is 2.88. The minimum atomic E-state index is -0.472. The van der Waals surface area contributed by atoms with Crippen LogP contribution in [0.2, 0.25) is 0 Å². The minimum Gasteiger partial charge on any atom is -0.391 e. The van der Waals surface area contributed by atoms with Crippen LogP contribution in [0.3, 0.4) is 0 Å². The molecule has 3 N–H and O–H groups in total. The summed E-state index contributed by atoms with van der Waals surface area (Å²) in [6, 6.07) is 5.48.